The lowest BCUT2D eigenvalue weighted by molar-refractivity contribution is 0.0214. The molecule has 0 saturated carbocycles. The first kappa shape index (κ1) is 30.5. The molecule has 13 heteroatoms. The highest BCUT2D eigenvalue weighted by molar-refractivity contribution is 7.23. The predicted molar refractivity (Wildman–Crippen MR) is 171 cm³/mol. The lowest BCUT2D eigenvalue weighted by atomic mass is 9.91. The van der Waals surface area contributed by atoms with Crippen LogP contribution in [0.3, 0.4) is 0 Å². The molecule has 10 nitrogen and oxygen atoms in total. The summed E-state index contributed by atoms with van der Waals surface area (Å²) in [6, 6.07) is 4.46. The van der Waals surface area contributed by atoms with E-state index in [1.165, 1.54) is 23.7 Å². The highest BCUT2D eigenvalue weighted by Gasteiger charge is 2.48. The van der Waals surface area contributed by atoms with Crippen molar-refractivity contribution in [2.45, 2.75) is 84.5 Å². The summed E-state index contributed by atoms with van der Waals surface area (Å²) in [6.45, 7) is 12.1. The van der Waals surface area contributed by atoms with E-state index in [0.717, 1.165) is 6.42 Å². The molecule has 3 aliphatic rings. The van der Waals surface area contributed by atoms with Crippen LogP contribution in [0.2, 0.25) is 0 Å². The van der Waals surface area contributed by atoms with Crippen molar-refractivity contribution in [3.8, 4) is 11.1 Å². The molecule has 7 rings (SSSR count). The molecule has 2 aromatic carbocycles. The minimum Gasteiger partial charge on any atom is -0.444 e. The number of likely N-dealkylation sites (tertiary alicyclic amines) is 1. The topological polar surface area (TPSA) is 106 Å². The quantitative estimate of drug-likeness (QED) is 0.245. The Morgan fingerprint density at radius 3 is 2.41 bits per heavy atom. The van der Waals surface area contributed by atoms with Gasteiger partial charge in [0.1, 0.15) is 34.7 Å². The second-order valence-corrected chi connectivity index (χ2v) is 15.0. The summed E-state index contributed by atoms with van der Waals surface area (Å²) in [5.74, 6) is -0.691. The molecule has 2 fully saturated rings. The molecule has 5 heterocycles. The van der Waals surface area contributed by atoms with Gasteiger partial charge in [-0.1, -0.05) is 0 Å². The van der Waals surface area contributed by atoms with Crippen molar-refractivity contribution in [3.05, 3.63) is 47.3 Å². The number of halogens is 2. The van der Waals surface area contributed by atoms with Crippen molar-refractivity contribution in [1.29, 1.82) is 0 Å². The summed E-state index contributed by atoms with van der Waals surface area (Å²) >= 11 is 1.24. The number of nitrogens with zero attached hydrogens (tertiary/aromatic N) is 4. The molecule has 46 heavy (non-hydrogen) atoms. The molecule has 0 aliphatic carbocycles. The Kier molecular flexibility index (Phi) is 7.13. The largest absolute Gasteiger partial charge is 0.444 e. The molecule has 2 saturated heterocycles. The average molecular weight is 652 g/mol. The zero-order valence-corrected chi connectivity index (χ0v) is 27.3. The average Bonchev–Trinajstić information content (AvgIpc) is 3.75. The number of aromatic nitrogens is 2. The zero-order chi connectivity index (χ0) is 32.7. The Labute approximate surface area is 268 Å². The third kappa shape index (κ3) is 5.28. The first-order valence-electron chi connectivity index (χ1n) is 15.2. The number of amides is 2. The van der Waals surface area contributed by atoms with Gasteiger partial charge in [0.05, 0.1) is 35.7 Å². The second-order valence-electron chi connectivity index (χ2n) is 14.0. The Balaban J connectivity index is 1.29. The van der Waals surface area contributed by atoms with Crippen LogP contribution in [0.5, 0.6) is 0 Å². The summed E-state index contributed by atoms with van der Waals surface area (Å²) in [6.07, 6.45) is 1.09. The fraction of sp³-hybridized carbons (Fsp3) is 0.455. The van der Waals surface area contributed by atoms with Crippen molar-refractivity contribution in [1.82, 2.24) is 14.9 Å². The highest BCUT2D eigenvalue weighted by Crippen LogP contribution is 2.47. The van der Waals surface area contributed by atoms with E-state index in [-0.39, 0.29) is 48.0 Å². The van der Waals surface area contributed by atoms with E-state index in [4.69, 9.17) is 14.2 Å². The van der Waals surface area contributed by atoms with E-state index in [1.54, 1.807) is 37.8 Å². The summed E-state index contributed by atoms with van der Waals surface area (Å²) in [5.41, 5.74) is 0.219. The van der Waals surface area contributed by atoms with Crippen LogP contribution >= 0.6 is 11.3 Å². The number of benzene rings is 2. The van der Waals surface area contributed by atoms with E-state index in [2.05, 4.69) is 20.2 Å². The van der Waals surface area contributed by atoms with Gasteiger partial charge in [-0.05, 0) is 77.3 Å². The van der Waals surface area contributed by atoms with Crippen molar-refractivity contribution >= 4 is 55.3 Å². The summed E-state index contributed by atoms with van der Waals surface area (Å²) in [7, 11) is 0. The predicted octanol–water partition coefficient (Wildman–Crippen LogP) is 7.36. The maximum Gasteiger partial charge on any atom is 0.412 e. The van der Waals surface area contributed by atoms with Crippen LogP contribution in [0.15, 0.2) is 24.5 Å². The van der Waals surface area contributed by atoms with Crippen LogP contribution in [0, 0.1) is 11.6 Å². The van der Waals surface area contributed by atoms with Crippen LogP contribution in [-0.4, -0.2) is 63.4 Å². The van der Waals surface area contributed by atoms with Gasteiger partial charge in [-0.25, -0.2) is 28.3 Å². The van der Waals surface area contributed by atoms with Crippen molar-refractivity contribution < 1.29 is 32.6 Å². The molecule has 1 N–H and O–H groups in total. The smallest absolute Gasteiger partial charge is 0.412 e. The van der Waals surface area contributed by atoms with Gasteiger partial charge in [-0.3, -0.25) is 5.32 Å². The van der Waals surface area contributed by atoms with Crippen LogP contribution in [-0.2, 0) is 27.4 Å². The number of rotatable bonds is 3. The minimum atomic E-state index is -0.695. The van der Waals surface area contributed by atoms with Crippen molar-refractivity contribution in [3.63, 3.8) is 0 Å². The Hall–Kier alpha value is -4.10. The van der Waals surface area contributed by atoms with Gasteiger partial charge >= 0.3 is 12.2 Å². The molecule has 2 aromatic heterocycles. The summed E-state index contributed by atoms with van der Waals surface area (Å²) in [4.78, 5) is 38.2. The Morgan fingerprint density at radius 1 is 0.978 bits per heavy atom. The lowest BCUT2D eigenvalue weighted by Crippen LogP contribution is -2.50. The molecule has 242 valence electrons. The number of carbonyl (C=O) groups excluding carboxylic acids is 2. The molecule has 4 aromatic rings. The third-order valence-electron chi connectivity index (χ3n) is 8.38. The standard InChI is InChI=1S/C33H35F2N5O5S/c1-32(2,3)44-30(41)38-23-10-18-22(46-23)8-7-21(34)24(18)25-19-13-43-14-20(19)26-28(27(25)35)36-15-37-29(26)39-11-17-9-16(39)12-40(17)31(42)45-33(4,5)6/h7-8,10,15-17H,9,11-14H2,1-6H3,(H,38,41)/t16-,17-/m1/s1. The lowest BCUT2D eigenvalue weighted by Gasteiger charge is -2.36. The Morgan fingerprint density at radius 2 is 1.72 bits per heavy atom. The first-order chi connectivity index (χ1) is 21.7. The van der Waals surface area contributed by atoms with E-state index < -0.39 is 28.9 Å². The number of thiophene rings is 1. The summed E-state index contributed by atoms with van der Waals surface area (Å²) in [5, 5.41) is 4.15. The number of anilines is 2. The maximum absolute atomic E-state index is 16.8. The third-order valence-corrected chi connectivity index (χ3v) is 9.40. The Bertz CT molecular complexity index is 1920. The fourth-order valence-corrected chi connectivity index (χ4v) is 7.66. The zero-order valence-electron chi connectivity index (χ0n) is 26.5. The molecular formula is C33H35F2N5O5S. The minimum absolute atomic E-state index is 0.0239. The highest BCUT2D eigenvalue weighted by atomic mass is 32.1. The molecule has 3 aliphatic heterocycles. The number of piperazine rings is 1. The fourth-order valence-electron chi connectivity index (χ4n) is 6.70. The molecule has 0 unspecified atom stereocenters. The number of hydrogen-bond donors (Lipinski definition) is 1. The molecule has 0 radical (unpaired) electrons. The molecule has 2 atom stereocenters. The van der Waals surface area contributed by atoms with E-state index in [1.807, 2.05) is 20.8 Å². The van der Waals surface area contributed by atoms with Gasteiger partial charge in [-0.15, -0.1) is 11.3 Å². The van der Waals surface area contributed by atoms with Crippen LogP contribution in [0.4, 0.5) is 29.2 Å². The van der Waals surface area contributed by atoms with E-state index >= 15 is 8.78 Å². The SMILES string of the molecule is CC(C)(C)OC(=O)Nc1cc2c(-c3c4c(c5c(N6C[C@H]7C[C@@H]6CN7C(=O)OC(C)(C)C)ncnc5c3F)COC4)c(F)ccc2s1. The number of fused-ring (bicyclic) bond motifs is 6. The van der Waals surface area contributed by atoms with Gasteiger partial charge < -0.3 is 24.0 Å². The molecular weight excluding hydrogens is 616 g/mol. The van der Waals surface area contributed by atoms with Crippen LogP contribution in [0.25, 0.3) is 32.1 Å². The van der Waals surface area contributed by atoms with Crippen LogP contribution < -0.4 is 10.2 Å². The van der Waals surface area contributed by atoms with Crippen molar-refractivity contribution in [2.24, 2.45) is 0 Å². The normalized spacial score (nSPS) is 19.3. The number of hydrogen-bond acceptors (Lipinski definition) is 9. The van der Waals surface area contributed by atoms with Gasteiger partial charge in [0.2, 0.25) is 0 Å². The summed E-state index contributed by atoms with van der Waals surface area (Å²) < 4.78 is 50.1. The monoisotopic (exact) mass is 651 g/mol. The maximum atomic E-state index is 16.8. The first-order valence-corrected chi connectivity index (χ1v) is 16.0. The van der Waals surface area contributed by atoms with Gasteiger partial charge in [0.25, 0.3) is 0 Å². The number of carbonyl (C=O) groups is 2. The number of nitrogens with one attached hydrogen (secondary N) is 1. The number of ether oxygens (including phenoxy) is 3. The molecule has 2 amide bonds. The second kappa shape index (κ2) is 10.7. The van der Waals surface area contributed by atoms with Gasteiger partial charge in [-0.2, -0.15) is 0 Å². The molecule has 0 spiro atoms. The van der Waals surface area contributed by atoms with Gasteiger partial charge in [0.15, 0.2) is 5.82 Å². The molecule has 2 bridgehead atoms. The van der Waals surface area contributed by atoms with Gasteiger partial charge in [0, 0.05) is 34.3 Å². The van der Waals surface area contributed by atoms with Crippen LogP contribution in [0.1, 0.15) is 59.1 Å². The van der Waals surface area contributed by atoms with E-state index in [0.29, 0.717) is 50.5 Å². The van der Waals surface area contributed by atoms with Crippen molar-refractivity contribution in [2.75, 3.05) is 23.3 Å². The van der Waals surface area contributed by atoms with E-state index in [9.17, 15) is 9.59 Å².